The lowest BCUT2D eigenvalue weighted by Gasteiger charge is -2.15. The molecule has 4 nitrogen and oxygen atoms in total. The third-order valence-corrected chi connectivity index (χ3v) is 4.65. The van der Waals surface area contributed by atoms with Crippen molar-refractivity contribution >= 4 is 22.9 Å². The second kappa shape index (κ2) is 8.42. The van der Waals surface area contributed by atoms with E-state index >= 15 is 0 Å². The van der Waals surface area contributed by atoms with E-state index in [0.717, 1.165) is 7.11 Å². The number of aromatic nitrogens is 1. The van der Waals surface area contributed by atoms with Crippen molar-refractivity contribution in [2.45, 2.75) is 18.9 Å². The Bertz CT molecular complexity index is 1210. The molecule has 0 bridgehead atoms. The zero-order chi connectivity index (χ0) is 23.7. The van der Waals surface area contributed by atoms with Crippen molar-refractivity contribution in [2.24, 2.45) is 0 Å². The van der Waals surface area contributed by atoms with E-state index in [0.29, 0.717) is 28.6 Å². The molecule has 166 valence electrons. The number of para-hydroxylation sites is 1. The van der Waals surface area contributed by atoms with E-state index in [1.807, 2.05) is 0 Å². The number of fused-ring (bicyclic) bond motifs is 1. The van der Waals surface area contributed by atoms with Crippen molar-refractivity contribution in [3.63, 3.8) is 0 Å². The zero-order valence-corrected chi connectivity index (χ0v) is 16.4. The molecule has 0 saturated heterocycles. The molecule has 0 N–H and O–H groups in total. The van der Waals surface area contributed by atoms with Crippen LogP contribution in [0.2, 0.25) is 0 Å². The Balaban J connectivity index is 2.14. The van der Waals surface area contributed by atoms with Crippen molar-refractivity contribution < 1.29 is 35.9 Å². The molecule has 0 aliphatic rings. The monoisotopic (exact) mass is 452 g/mol. The number of alkyl halides is 6. The Morgan fingerprint density at radius 3 is 2.19 bits per heavy atom. The molecule has 32 heavy (non-hydrogen) atoms. The fourth-order valence-electron chi connectivity index (χ4n) is 3.23. The van der Waals surface area contributed by atoms with Gasteiger partial charge in [-0.25, -0.2) is 4.79 Å². The van der Waals surface area contributed by atoms with E-state index in [1.54, 1.807) is 30.3 Å². The lowest BCUT2D eigenvalue weighted by atomic mass is 10.0. The summed E-state index contributed by atoms with van der Waals surface area (Å²) in [4.78, 5) is 11.7. The molecule has 0 aliphatic carbocycles. The third kappa shape index (κ3) is 4.77. The molecule has 10 heteroatoms. The predicted octanol–water partition coefficient (Wildman–Crippen LogP) is 5.81. The average Bonchev–Trinajstić information content (AvgIpc) is 3.07. The van der Waals surface area contributed by atoms with Crippen molar-refractivity contribution in [1.82, 2.24) is 4.57 Å². The van der Waals surface area contributed by atoms with Gasteiger partial charge in [0.05, 0.1) is 18.2 Å². The minimum Gasteiger partial charge on any atom is -0.465 e. The van der Waals surface area contributed by atoms with Crippen molar-refractivity contribution in [3.05, 3.63) is 76.5 Å². The molecule has 0 aliphatic heterocycles. The lowest BCUT2D eigenvalue weighted by Crippen LogP contribution is -2.12. The summed E-state index contributed by atoms with van der Waals surface area (Å²) in [6.07, 6.45) is -7.22. The molecule has 0 spiro atoms. The number of esters is 1. The summed E-state index contributed by atoms with van der Waals surface area (Å²) in [7, 11) is 1.10. The standard InChI is InChI=1S/C22H14F6N2O2/c1-32-20(31)14(10-29)8-15-12-30(19-5-3-2-4-18(15)19)11-13-6-16(21(23,24)25)9-17(7-13)22(26,27)28/h2-9,12H,11H2,1H3/b14-8+. The number of halogens is 6. The lowest BCUT2D eigenvalue weighted by molar-refractivity contribution is -0.143. The smallest absolute Gasteiger partial charge is 0.416 e. The molecule has 0 radical (unpaired) electrons. The molecule has 3 rings (SSSR count). The highest BCUT2D eigenvalue weighted by molar-refractivity contribution is 6.01. The van der Waals surface area contributed by atoms with Crippen LogP contribution in [0.1, 0.15) is 22.3 Å². The third-order valence-electron chi connectivity index (χ3n) is 4.65. The average molecular weight is 452 g/mol. The van der Waals surface area contributed by atoms with E-state index in [1.165, 1.54) is 16.8 Å². The first-order chi connectivity index (χ1) is 14.9. The number of benzene rings is 2. The van der Waals surface area contributed by atoms with Gasteiger partial charge in [0.1, 0.15) is 11.6 Å². The number of carbonyl (C=O) groups excluding carboxylic acids is 1. The molecule has 1 aromatic heterocycles. The fraction of sp³-hybridized carbons (Fsp3) is 0.182. The molecule has 3 aromatic rings. The Hall–Kier alpha value is -3.74. The summed E-state index contributed by atoms with van der Waals surface area (Å²) in [6.45, 7) is -0.304. The van der Waals surface area contributed by atoms with E-state index in [-0.39, 0.29) is 23.7 Å². The molecule has 0 amide bonds. The van der Waals surface area contributed by atoms with Gasteiger partial charge in [0.15, 0.2) is 0 Å². The maximum Gasteiger partial charge on any atom is 0.416 e. The molecule has 2 aromatic carbocycles. The topological polar surface area (TPSA) is 55.0 Å². The summed E-state index contributed by atoms with van der Waals surface area (Å²) >= 11 is 0. The van der Waals surface area contributed by atoms with E-state index < -0.39 is 29.4 Å². The van der Waals surface area contributed by atoms with Crippen molar-refractivity contribution in [3.8, 4) is 6.07 Å². The van der Waals surface area contributed by atoms with Crippen LogP contribution in [0.4, 0.5) is 26.3 Å². The van der Waals surface area contributed by atoms with Gasteiger partial charge in [0, 0.05) is 29.2 Å². The Morgan fingerprint density at radius 2 is 1.66 bits per heavy atom. The highest BCUT2D eigenvalue weighted by Crippen LogP contribution is 2.37. The van der Waals surface area contributed by atoms with E-state index in [9.17, 15) is 36.4 Å². The van der Waals surface area contributed by atoms with Crippen LogP contribution in [-0.4, -0.2) is 17.6 Å². The first kappa shape index (κ1) is 22.9. The quantitative estimate of drug-likeness (QED) is 0.217. The van der Waals surface area contributed by atoms with E-state index in [2.05, 4.69) is 4.74 Å². The summed E-state index contributed by atoms with van der Waals surface area (Å²) in [5, 5.41) is 9.73. The molecular weight excluding hydrogens is 438 g/mol. The second-order valence-electron chi connectivity index (χ2n) is 6.81. The minimum absolute atomic E-state index is 0.0704. The van der Waals surface area contributed by atoms with Gasteiger partial charge in [-0.15, -0.1) is 0 Å². The van der Waals surface area contributed by atoms with Gasteiger partial charge in [0.25, 0.3) is 0 Å². The summed E-state index contributed by atoms with van der Waals surface area (Å²) in [5.74, 6) is -0.878. The first-order valence-corrected chi connectivity index (χ1v) is 9.00. The summed E-state index contributed by atoms with van der Waals surface area (Å²) < 4.78 is 85.0. The Morgan fingerprint density at radius 1 is 1.06 bits per heavy atom. The van der Waals surface area contributed by atoms with Gasteiger partial charge in [-0.2, -0.15) is 31.6 Å². The van der Waals surface area contributed by atoms with Crippen LogP contribution in [0, 0.1) is 11.3 Å². The van der Waals surface area contributed by atoms with Crippen LogP contribution in [0.5, 0.6) is 0 Å². The highest BCUT2D eigenvalue weighted by Gasteiger charge is 2.36. The molecule has 0 fully saturated rings. The largest absolute Gasteiger partial charge is 0.465 e. The van der Waals surface area contributed by atoms with Crippen molar-refractivity contribution in [2.75, 3.05) is 7.11 Å². The fourth-order valence-corrected chi connectivity index (χ4v) is 3.23. The number of nitrogens with zero attached hydrogens (tertiary/aromatic N) is 2. The van der Waals surface area contributed by atoms with Crippen LogP contribution in [0.25, 0.3) is 17.0 Å². The van der Waals surface area contributed by atoms with Gasteiger partial charge in [-0.1, -0.05) is 18.2 Å². The van der Waals surface area contributed by atoms with Crippen LogP contribution in [0.15, 0.2) is 54.2 Å². The molecular formula is C22H14F6N2O2. The predicted molar refractivity (Wildman–Crippen MR) is 103 cm³/mol. The van der Waals surface area contributed by atoms with Crippen molar-refractivity contribution in [1.29, 1.82) is 5.26 Å². The minimum atomic E-state index is -4.95. The molecule has 0 unspecified atom stereocenters. The highest BCUT2D eigenvalue weighted by atomic mass is 19.4. The zero-order valence-electron chi connectivity index (χ0n) is 16.4. The maximum atomic E-state index is 13.2. The first-order valence-electron chi connectivity index (χ1n) is 9.00. The Labute approximate surface area is 177 Å². The SMILES string of the molecule is COC(=O)/C(C#N)=C/c1cn(Cc2cc(C(F)(F)F)cc(C(F)(F)F)c2)c2ccccc12. The van der Waals surface area contributed by atoms with Gasteiger partial charge >= 0.3 is 18.3 Å². The van der Waals surface area contributed by atoms with Crippen LogP contribution >= 0.6 is 0 Å². The second-order valence-corrected chi connectivity index (χ2v) is 6.81. The number of rotatable bonds is 4. The normalized spacial score (nSPS) is 12.6. The van der Waals surface area contributed by atoms with Crippen LogP contribution in [-0.2, 0) is 28.4 Å². The van der Waals surface area contributed by atoms with Crippen LogP contribution < -0.4 is 0 Å². The number of hydrogen-bond acceptors (Lipinski definition) is 3. The number of nitriles is 1. The number of methoxy groups -OCH3 is 1. The molecule has 0 atom stereocenters. The van der Waals surface area contributed by atoms with Gasteiger partial charge < -0.3 is 9.30 Å². The number of carbonyl (C=O) groups is 1. The van der Waals surface area contributed by atoms with Gasteiger partial charge in [0.2, 0.25) is 0 Å². The molecule has 0 saturated carbocycles. The Kier molecular flexibility index (Phi) is 6.03. The molecule has 1 heterocycles. The van der Waals surface area contributed by atoms with Crippen LogP contribution in [0.3, 0.4) is 0 Å². The number of hydrogen-bond donors (Lipinski definition) is 0. The van der Waals surface area contributed by atoms with E-state index in [4.69, 9.17) is 0 Å². The maximum absolute atomic E-state index is 13.2. The van der Waals surface area contributed by atoms with Gasteiger partial charge in [-0.05, 0) is 35.9 Å². The summed E-state index contributed by atoms with van der Waals surface area (Å²) in [5.41, 5.74) is -2.46. The summed E-state index contributed by atoms with van der Waals surface area (Å²) in [6, 6.07) is 9.67. The van der Waals surface area contributed by atoms with Gasteiger partial charge in [-0.3, -0.25) is 0 Å². The number of ether oxygens (including phenoxy) is 1.